The zero-order valence-corrected chi connectivity index (χ0v) is 9.21. The van der Waals surface area contributed by atoms with Gasteiger partial charge in [-0.3, -0.25) is 0 Å². The molecular formula is C14H21. The topological polar surface area (TPSA) is 0 Å². The molecule has 0 unspecified atom stereocenters. The third-order valence-electron chi connectivity index (χ3n) is 2.51. The minimum absolute atomic E-state index is 1.22. The van der Waals surface area contributed by atoms with Gasteiger partial charge in [0.05, 0.1) is 0 Å². The van der Waals surface area contributed by atoms with Gasteiger partial charge in [0.15, 0.2) is 0 Å². The Hall–Kier alpha value is -0.780. The minimum Gasteiger partial charge on any atom is -0.0651 e. The molecule has 1 aromatic carbocycles. The van der Waals surface area contributed by atoms with Crippen molar-refractivity contribution >= 4 is 0 Å². The molecule has 0 fully saturated rings. The molecule has 0 bridgehead atoms. The van der Waals surface area contributed by atoms with Gasteiger partial charge in [-0.25, -0.2) is 0 Å². The van der Waals surface area contributed by atoms with Crippen molar-refractivity contribution in [1.82, 2.24) is 0 Å². The number of rotatable bonds is 7. The van der Waals surface area contributed by atoms with E-state index in [0.717, 1.165) is 0 Å². The van der Waals surface area contributed by atoms with Crippen LogP contribution in [-0.4, -0.2) is 0 Å². The van der Waals surface area contributed by atoms with E-state index < -0.39 is 0 Å². The molecule has 0 saturated carbocycles. The molecule has 0 spiro atoms. The SMILES string of the molecule is CC[CH]CCCCCc1ccccc1. The number of benzene rings is 1. The standard InChI is InChI=1S/C14H21/c1-2-3-4-5-6-8-11-14-12-9-7-10-13-14/h3,7,9-10,12-13H,2,4-6,8,11H2,1H3. The van der Waals surface area contributed by atoms with Gasteiger partial charge in [-0.1, -0.05) is 62.9 Å². The maximum atomic E-state index is 2.38. The molecule has 0 N–H and O–H groups in total. The Balaban J connectivity index is 1.99. The van der Waals surface area contributed by atoms with E-state index in [2.05, 4.69) is 43.7 Å². The van der Waals surface area contributed by atoms with Gasteiger partial charge in [-0.05, 0) is 24.8 Å². The molecule has 0 aliphatic heterocycles. The van der Waals surface area contributed by atoms with Crippen LogP contribution in [0.3, 0.4) is 0 Å². The number of unbranched alkanes of at least 4 members (excludes halogenated alkanes) is 5. The van der Waals surface area contributed by atoms with Crippen LogP contribution in [-0.2, 0) is 6.42 Å². The molecule has 0 amide bonds. The van der Waals surface area contributed by atoms with Gasteiger partial charge < -0.3 is 0 Å². The van der Waals surface area contributed by atoms with E-state index in [1.165, 1.54) is 44.1 Å². The molecule has 0 heterocycles. The van der Waals surface area contributed by atoms with Crippen LogP contribution in [0.15, 0.2) is 30.3 Å². The molecule has 77 valence electrons. The molecule has 1 aromatic rings. The fraction of sp³-hybridized carbons (Fsp3) is 0.500. The van der Waals surface area contributed by atoms with E-state index in [-0.39, 0.29) is 0 Å². The van der Waals surface area contributed by atoms with E-state index in [4.69, 9.17) is 0 Å². The molecule has 14 heavy (non-hydrogen) atoms. The van der Waals surface area contributed by atoms with Crippen LogP contribution in [0.1, 0.15) is 44.6 Å². The molecule has 1 rings (SSSR count). The van der Waals surface area contributed by atoms with Crippen LogP contribution in [0, 0.1) is 6.42 Å². The van der Waals surface area contributed by atoms with Gasteiger partial charge >= 0.3 is 0 Å². The minimum atomic E-state index is 1.22. The van der Waals surface area contributed by atoms with Gasteiger partial charge in [0.1, 0.15) is 0 Å². The summed E-state index contributed by atoms with van der Waals surface area (Å²) in [4.78, 5) is 0. The Labute approximate surface area is 88.4 Å². The third-order valence-corrected chi connectivity index (χ3v) is 2.51. The first-order chi connectivity index (χ1) is 6.93. The lowest BCUT2D eigenvalue weighted by molar-refractivity contribution is 0.665. The zero-order chi connectivity index (χ0) is 10.1. The molecule has 0 nitrogen and oxygen atoms in total. The largest absolute Gasteiger partial charge is 0.0651 e. The van der Waals surface area contributed by atoms with Gasteiger partial charge in [0.25, 0.3) is 0 Å². The summed E-state index contributed by atoms with van der Waals surface area (Å²) in [6.45, 7) is 2.21. The fourth-order valence-electron chi connectivity index (χ4n) is 1.64. The van der Waals surface area contributed by atoms with Crippen LogP contribution in [0.4, 0.5) is 0 Å². The molecular weight excluding hydrogens is 168 g/mol. The Morgan fingerprint density at radius 1 is 1.00 bits per heavy atom. The van der Waals surface area contributed by atoms with Gasteiger partial charge in [0.2, 0.25) is 0 Å². The molecule has 0 atom stereocenters. The van der Waals surface area contributed by atoms with Crippen molar-refractivity contribution in [2.75, 3.05) is 0 Å². The Morgan fingerprint density at radius 2 is 1.79 bits per heavy atom. The van der Waals surface area contributed by atoms with Crippen LogP contribution in [0.25, 0.3) is 0 Å². The summed E-state index contributed by atoms with van der Waals surface area (Å²) in [5.74, 6) is 0. The molecule has 0 aliphatic carbocycles. The Bertz CT molecular complexity index is 213. The van der Waals surface area contributed by atoms with Crippen LogP contribution in [0.5, 0.6) is 0 Å². The van der Waals surface area contributed by atoms with Crippen LogP contribution < -0.4 is 0 Å². The van der Waals surface area contributed by atoms with Crippen molar-refractivity contribution in [2.24, 2.45) is 0 Å². The monoisotopic (exact) mass is 189 g/mol. The second-order valence-electron chi connectivity index (χ2n) is 3.78. The quantitative estimate of drug-likeness (QED) is 0.557. The lowest BCUT2D eigenvalue weighted by Crippen LogP contribution is -1.85. The lowest BCUT2D eigenvalue weighted by Gasteiger charge is -2.01. The highest BCUT2D eigenvalue weighted by Gasteiger charge is 1.92. The molecule has 1 radical (unpaired) electrons. The maximum Gasteiger partial charge on any atom is -0.0279 e. The summed E-state index contributed by atoms with van der Waals surface area (Å²) in [6, 6.07) is 10.8. The first-order valence-corrected chi connectivity index (χ1v) is 5.79. The summed E-state index contributed by atoms with van der Waals surface area (Å²) < 4.78 is 0. The third kappa shape index (κ3) is 5.06. The maximum absolute atomic E-state index is 2.38. The number of hydrogen-bond donors (Lipinski definition) is 0. The van der Waals surface area contributed by atoms with Gasteiger partial charge in [0, 0.05) is 0 Å². The first kappa shape index (κ1) is 11.3. The van der Waals surface area contributed by atoms with Crippen molar-refractivity contribution in [3.63, 3.8) is 0 Å². The predicted molar refractivity (Wildman–Crippen MR) is 63.2 cm³/mol. The summed E-state index contributed by atoms with van der Waals surface area (Å²) in [6.07, 6.45) is 10.2. The second-order valence-corrected chi connectivity index (χ2v) is 3.78. The Kier molecular flexibility index (Phi) is 6.14. The lowest BCUT2D eigenvalue weighted by atomic mass is 10.1. The zero-order valence-electron chi connectivity index (χ0n) is 9.21. The summed E-state index contributed by atoms with van der Waals surface area (Å²) in [5.41, 5.74) is 1.48. The highest BCUT2D eigenvalue weighted by molar-refractivity contribution is 5.14. The summed E-state index contributed by atoms with van der Waals surface area (Å²) in [5, 5.41) is 0. The second kappa shape index (κ2) is 7.61. The normalized spacial score (nSPS) is 10.4. The van der Waals surface area contributed by atoms with E-state index in [1.54, 1.807) is 0 Å². The molecule has 0 saturated heterocycles. The van der Waals surface area contributed by atoms with E-state index in [0.29, 0.717) is 0 Å². The average molecular weight is 189 g/mol. The van der Waals surface area contributed by atoms with E-state index in [1.807, 2.05) is 0 Å². The number of aryl methyl sites for hydroxylation is 1. The molecule has 0 heteroatoms. The van der Waals surface area contributed by atoms with E-state index >= 15 is 0 Å². The van der Waals surface area contributed by atoms with Crippen molar-refractivity contribution < 1.29 is 0 Å². The molecule has 0 aromatic heterocycles. The van der Waals surface area contributed by atoms with Crippen LogP contribution >= 0.6 is 0 Å². The summed E-state index contributed by atoms with van der Waals surface area (Å²) in [7, 11) is 0. The van der Waals surface area contributed by atoms with Gasteiger partial charge in [-0.15, -0.1) is 0 Å². The molecule has 0 aliphatic rings. The predicted octanol–water partition coefficient (Wildman–Crippen LogP) is 4.40. The fourth-order valence-corrected chi connectivity index (χ4v) is 1.64. The average Bonchev–Trinajstić information content (AvgIpc) is 2.25. The highest BCUT2D eigenvalue weighted by atomic mass is 14.0. The number of hydrogen-bond acceptors (Lipinski definition) is 0. The van der Waals surface area contributed by atoms with Crippen molar-refractivity contribution in [3.8, 4) is 0 Å². The summed E-state index contributed by atoms with van der Waals surface area (Å²) >= 11 is 0. The van der Waals surface area contributed by atoms with Crippen molar-refractivity contribution in [1.29, 1.82) is 0 Å². The smallest absolute Gasteiger partial charge is 0.0279 e. The van der Waals surface area contributed by atoms with Crippen molar-refractivity contribution in [3.05, 3.63) is 42.3 Å². The first-order valence-electron chi connectivity index (χ1n) is 5.79. The van der Waals surface area contributed by atoms with E-state index in [9.17, 15) is 0 Å². The highest BCUT2D eigenvalue weighted by Crippen LogP contribution is 2.08. The van der Waals surface area contributed by atoms with Gasteiger partial charge in [-0.2, -0.15) is 0 Å². The van der Waals surface area contributed by atoms with Crippen LogP contribution in [0.2, 0.25) is 0 Å². The Morgan fingerprint density at radius 3 is 2.50 bits per heavy atom. The van der Waals surface area contributed by atoms with Crippen molar-refractivity contribution in [2.45, 2.75) is 45.4 Å².